The van der Waals surface area contributed by atoms with Crippen LogP contribution in [0.5, 0.6) is 5.75 Å². The molecule has 0 bridgehead atoms. The van der Waals surface area contributed by atoms with E-state index in [0.717, 1.165) is 26.1 Å². The summed E-state index contributed by atoms with van der Waals surface area (Å²) in [6.45, 7) is 2.62. The van der Waals surface area contributed by atoms with Gasteiger partial charge in [0.25, 0.3) is 0 Å². The maximum atomic E-state index is 12.0. The highest BCUT2D eigenvalue weighted by molar-refractivity contribution is 5.92. The van der Waals surface area contributed by atoms with E-state index in [4.69, 9.17) is 0 Å². The van der Waals surface area contributed by atoms with Crippen LogP contribution in [-0.4, -0.2) is 29.0 Å². The summed E-state index contributed by atoms with van der Waals surface area (Å²) in [7, 11) is 0. The fourth-order valence-electron chi connectivity index (χ4n) is 2.80. The molecule has 1 aliphatic heterocycles. The van der Waals surface area contributed by atoms with Gasteiger partial charge in [-0.05, 0) is 29.7 Å². The maximum Gasteiger partial charge on any atom is 0.225 e. The summed E-state index contributed by atoms with van der Waals surface area (Å²) < 4.78 is 0. The first-order valence-corrected chi connectivity index (χ1v) is 7.59. The van der Waals surface area contributed by atoms with Crippen LogP contribution in [0.1, 0.15) is 17.5 Å². The van der Waals surface area contributed by atoms with Crippen molar-refractivity contribution >= 4 is 11.6 Å². The van der Waals surface area contributed by atoms with E-state index in [1.54, 1.807) is 24.3 Å². The number of amides is 1. The zero-order chi connectivity index (χ0) is 15.4. The number of anilines is 1. The minimum atomic E-state index is -0.0691. The number of phenolic OH excluding ortho intramolecular Hbond substituents is 1. The van der Waals surface area contributed by atoms with Gasteiger partial charge >= 0.3 is 0 Å². The molecular formula is C18H20N2O2. The molecule has 3 rings (SSSR count). The van der Waals surface area contributed by atoms with Crippen LogP contribution in [0.3, 0.4) is 0 Å². The summed E-state index contributed by atoms with van der Waals surface area (Å²) in [6.07, 6.45) is 1.47. The summed E-state index contributed by atoms with van der Waals surface area (Å²) in [5, 5.41) is 12.4. The lowest BCUT2D eigenvalue weighted by atomic mass is 10.00. The molecule has 1 aliphatic rings. The van der Waals surface area contributed by atoms with Gasteiger partial charge < -0.3 is 10.4 Å². The van der Waals surface area contributed by atoms with E-state index in [1.165, 1.54) is 11.1 Å². The van der Waals surface area contributed by atoms with Gasteiger partial charge in [-0.3, -0.25) is 9.69 Å². The largest absolute Gasteiger partial charge is 0.506 e. The van der Waals surface area contributed by atoms with Gasteiger partial charge in [0.1, 0.15) is 5.75 Å². The fraction of sp³-hybridized carbons (Fsp3) is 0.278. The number of nitrogens with one attached hydrogen (secondary N) is 1. The highest BCUT2D eigenvalue weighted by atomic mass is 16.3. The van der Waals surface area contributed by atoms with Gasteiger partial charge in [-0.1, -0.05) is 36.4 Å². The molecule has 1 amide bonds. The van der Waals surface area contributed by atoms with Gasteiger partial charge in [-0.15, -0.1) is 0 Å². The smallest absolute Gasteiger partial charge is 0.225 e. The Balaban J connectivity index is 1.51. The second-order valence-corrected chi connectivity index (χ2v) is 5.61. The molecule has 0 aliphatic carbocycles. The highest BCUT2D eigenvalue weighted by Crippen LogP contribution is 2.22. The number of carbonyl (C=O) groups excluding carboxylic acids is 1. The quantitative estimate of drug-likeness (QED) is 0.853. The molecular weight excluding hydrogens is 276 g/mol. The third-order valence-electron chi connectivity index (χ3n) is 4.04. The first kappa shape index (κ1) is 14.6. The number of benzene rings is 2. The maximum absolute atomic E-state index is 12.0. The van der Waals surface area contributed by atoms with Crippen molar-refractivity contribution in [2.75, 3.05) is 18.4 Å². The van der Waals surface area contributed by atoms with Gasteiger partial charge in [-0.25, -0.2) is 0 Å². The van der Waals surface area contributed by atoms with Crippen molar-refractivity contribution in [2.45, 2.75) is 19.4 Å². The van der Waals surface area contributed by atoms with Crippen molar-refractivity contribution in [1.82, 2.24) is 4.90 Å². The van der Waals surface area contributed by atoms with Gasteiger partial charge in [0.2, 0.25) is 5.91 Å². The van der Waals surface area contributed by atoms with E-state index in [1.807, 2.05) is 0 Å². The summed E-state index contributed by atoms with van der Waals surface area (Å²) in [5.74, 6) is 0.0307. The number of phenols is 1. The van der Waals surface area contributed by atoms with Crippen molar-refractivity contribution < 1.29 is 9.90 Å². The average Bonchev–Trinajstić information content (AvgIpc) is 2.55. The number of aromatic hydroxyl groups is 1. The molecule has 0 fully saturated rings. The van der Waals surface area contributed by atoms with E-state index >= 15 is 0 Å². The lowest BCUT2D eigenvalue weighted by molar-refractivity contribution is -0.116. The number of hydrogen-bond acceptors (Lipinski definition) is 3. The van der Waals surface area contributed by atoms with Gasteiger partial charge in [0, 0.05) is 26.1 Å². The number of rotatable bonds is 4. The zero-order valence-corrected chi connectivity index (χ0v) is 12.5. The Morgan fingerprint density at radius 2 is 1.82 bits per heavy atom. The number of nitrogens with zero attached hydrogens (tertiary/aromatic N) is 1. The Morgan fingerprint density at radius 3 is 2.64 bits per heavy atom. The Kier molecular flexibility index (Phi) is 4.39. The van der Waals surface area contributed by atoms with Gasteiger partial charge in [0.05, 0.1) is 5.69 Å². The molecule has 0 saturated heterocycles. The molecule has 22 heavy (non-hydrogen) atoms. The lowest BCUT2D eigenvalue weighted by Gasteiger charge is -2.28. The van der Waals surface area contributed by atoms with E-state index in [0.29, 0.717) is 12.1 Å². The van der Waals surface area contributed by atoms with Gasteiger partial charge in [-0.2, -0.15) is 0 Å². The summed E-state index contributed by atoms with van der Waals surface area (Å²) >= 11 is 0. The van der Waals surface area contributed by atoms with Crippen molar-refractivity contribution in [3.05, 3.63) is 59.7 Å². The topological polar surface area (TPSA) is 52.6 Å². The molecule has 4 heteroatoms. The molecule has 2 aromatic carbocycles. The van der Waals surface area contributed by atoms with Gasteiger partial charge in [0.15, 0.2) is 0 Å². The van der Waals surface area contributed by atoms with Crippen LogP contribution in [0.4, 0.5) is 5.69 Å². The highest BCUT2D eigenvalue weighted by Gasteiger charge is 2.16. The third-order valence-corrected chi connectivity index (χ3v) is 4.04. The Labute approximate surface area is 130 Å². The van der Waals surface area contributed by atoms with Crippen LogP contribution in [0.15, 0.2) is 48.5 Å². The average molecular weight is 296 g/mol. The van der Waals surface area contributed by atoms with Crippen LogP contribution in [-0.2, 0) is 17.8 Å². The van der Waals surface area contributed by atoms with E-state index in [-0.39, 0.29) is 11.7 Å². The van der Waals surface area contributed by atoms with Crippen LogP contribution in [0, 0.1) is 0 Å². The summed E-state index contributed by atoms with van der Waals surface area (Å²) in [4.78, 5) is 14.3. The lowest BCUT2D eigenvalue weighted by Crippen LogP contribution is -2.33. The second kappa shape index (κ2) is 6.62. The summed E-state index contributed by atoms with van der Waals surface area (Å²) in [6, 6.07) is 15.3. The summed E-state index contributed by atoms with van der Waals surface area (Å²) in [5.41, 5.74) is 3.24. The van der Waals surface area contributed by atoms with Crippen molar-refractivity contribution in [1.29, 1.82) is 0 Å². The number of para-hydroxylation sites is 2. The van der Waals surface area contributed by atoms with E-state index in [9.17, 15) is 9.90 Å². The molecule has 0 atom stereocenters. The van der Waals surface area contributed by atoms with Crippen molar-refractivity contribution in [2.24, 2.45) is 0 Å². The standard InChI is InChI=1S/C18H20N2O2/c21-17-8-4-3-7-16(17)19-18(22)10-12-20-11-9-14-5-1-2-6-15(14)13-20/h1-8,21H,9-13H2,(H,19,22). The van der Waals surface area contributed by atoms with E-state index < -0.39 is 0 Å². The molecule has 0 spiro atoms. The SMILES string of the molecule is O=C(CCN1CCc2ccccc2C1)Nc1ccccc1O. The zero-order valence-electron chi connectivity index (χ0n) is 12.5. The molecule has 0 unspecified atom stereocenters. The Morgan fingerprint density at radius 1 is 1.09 bits per heavy atom. The van der Waals surface area contributed by atoms with Crippen molar-refractivity contribution in [3.8, 4) is 5.75 Å². The predicted molar refractivity (Wildman–Crippen MR) is 86.8 cm³/mol. The predicted octanol–water partition coefficient (Wildman–Crippen LogP) is 2.78. The Hall–Kier alpha value is -2.33. The Bertz CT molecular complexity index is 670. The molecule has 0 saturated carbocycles. The van der Waals surface area contributed by atoms with Crippen molar-refractivity contribution in [3.63, 3.8) is 0 Å². The normalized spacial score (nSPS) is 14.4. The molecule has 1 heterocycles. The molecule has 4 nitrogen and oxygen atoms in total. The first-order chi connectivity index (χ1) is 10.7. The third kappa shape index (κ3) is 3.46. The first-order valence-electron chi connectivity index (χ1n) is 7.59. The molecule has 114 valence electrons. The fourth-order valence-corrected chi connectivity index (χ4v) is 2.80. The molecule has 0 aromatic heterocycles. The molecule has 2 N–H and O–H groups in total. The molecule has 2 aromatic rings. The minimum Gasteiger partial charge on any atom is -0.506 e. The molecule has 0 radical (unpaired) electrons. The number of fused-ring (bicyclic) bond motifs is 1. The number of carbonyl (C=O) groups is 1. The van der Waals surface area contributed by atoms with Crippen LogP contribution < -0.4 is 5.32 Å². The second-order valence-electron chi connectivity index (χ2n) is 5.61. The monoisotopic (exact) mass is 296 g/mol. The number of hydrogen-bond donors (Lipinski definition) is 2. The van der Waals surface area contributed by atoms with Crippen LogP contribution >= 0.6 is 0 Å². The van der Waals surface area contributed by atoms with Crippen LogP contribution in [0.2, 0.25) is 0 Å². The van der Waals surface area contributed by atoms with Crippen LogP contribution in [0.25, 0.3) is 0 Å². The van der Waals surface area contributed by atoms with E-state index in [2.05, 4.69) is 34.5 Å². The minimum absolute atomic E-state index is 0.0691.